The van der Waals surface area contributed by atoms with E-state index in [1.54, 1.807) is 0 Å². The third-order valence-electron chi connectivity index (χ3n) is 5.59. The molecule has 2 aliphatic heterocycles. The van der Waals surface area contributed by atoms with Crippen LogP contribution in [-0.2, 0) is 19.2 Å². The van der Waals surface area contributed by atoms with E-state index in [-0.39, 0.29) is 16.6 Å². The molecule has 3 aliphatic rings. The molecule has 3 heterocycles. The molecule has 5 rings (SSSR count). The zero-order valence-electron chi connectivity index (χ0n) is 14.9. The zero-order chi connectivity index (χ0) is 18.7. The first-order valence-electron chi connectivity index (χ1n) is 8.87. The summed E-state index contributed by atoms with van der Waals surface area (Å²) in [7, 11) is -0.0422. The monoisotopic (exact) mass is 403 g/mol. The lowest BCUT2D eigenvalue weighted by Gasteiger charge is -2.30. The van der Waals surface area contributed by atoms with E-state index in [1.165, 1.54) is 26.0 Å². The summed E-state index contributed by atoms with van der Waals surface area (Å²) in [5.74, 6) is 0. The molecule has 2 aromatic rings. The van der Waals surface area contributed by atoms with E-state index < -0.39 is 6.09 Å². The van der Waals surface area contributed by atoms with Gasteiger partial charge in [0.15, 0.2) is 4.88 Å². The Morgan fingerprint density at radius 2 is 2.15 bits per heavy atom. The van der Waals surface area contributed by atoms with E-state index in [0.717, 1.165) is 18.7 Å². The Bertz CT molecular complexity index is 973. The van der Waals surface area contributed by atoms with Crippen LogP contribution in [0.1, 0.15) is 16.0 Å². The van der Waals surface area contributed by atoms with Gasteiger partial charge in [-0.2, -0.15) is 0 Å². The maximum atomic E-state index is 11.8. The number of anilines is 2. The van der Waals surface area contributed by atoms with Crippen molar-refractivity contribution >= 4 is 44.9 Å². The Kier molecular flexibility index (Phi) is 3.86. The number of carboxylic acid groups (broad SMARTS) is 1. The highest BCUT2D eigenvalue weighted by molar-refractivity contribution is 7.34. The van der Waals surface area contributed by atoms with Crippen LogP contribution in [-0.4, -0.2) is 35.6 Å². The van der Waals surface area contributed by atoms with Crippen LogP contribution in [0.5, 0.6) is 0 Å². The quantitative estimate of drug-likeness (QED) is 0.709. The van der Waals surface area contributed by atoms with Crippen molar-refractivity contribution in [2.75, 3.05) is 23.0 Å². The van der Waals surface area contributed by atoms with Crippen molar-refractivity contribution in [2.24, 2.45) is 6.26 Å². The average molecular weight is 404 g/mol. The number of hydrogen-bond acceptors (Lipinski definition) is 4. The van der Waals surface area contributed by atoms with Crippen molar-refractivity contribution in [3.05, 3.63) is 51.4 Å². The number of allylic oxidation sites excluding steroid dienone is 1. The number of hydrazine groups is 1. The van der Waals surface area contributed by atoms with Crippen molar-refractivity contribution in [3.8, 4) is 0 Å². The van der Waals surface area contributed by atoms with Crippen molar-refractivity contribution in [3.63, 3.8) is 0 Å². The van der Waals surface area contributed by atoms with Gasteiger partial charge in [-0.15, -0.1) is 0 Å². The van der Waals surface area contributed by atoms with Gasteiger partial charge < -0.3 is 10.0 Å². The molecule has 0 radical (unpaired) electrons. The first-order valence-corrected chi connectivity index (χ1v) is 10.9. The maximum absolute atomic E-state index is 11.8. The SMILES string of the molecule is C[s+]1c2c(c3c1N1CNN(C(=O)O)C1CN(c1ccccc1Cl)C3)CC=C2. The Balaban J connectivity index is 1.67. The van der Waals surface area contributed by atoms with Gasteiger partial charge in [0.05, 0.1) is 36.0 Å². The molecule has 140 valence electrons. The van der Waals surface area contributed by atoms with Gasteiger partial charge in [-0.1, -0.05) is 29.8 Å². The highest BCUT2D eigenvalue weighted by Gasteiger charge is 2.46. The molecular formula is C19H20ClN4O2S+. The summed E-state index contributed by atoms with van der Waals surface area (Å²) in [4.78, 5) is 17.7. The summed E-state index contributed by atoms with van der Waals surface area (Å²) in [5, 5.41) is 13.0. The second-order valence-electron chi connectivity index (χ2n) is 6.99. The number of para-hydroxylation sites is 1. The van der Waals surface area contributed by atoms with Crippen LogP contribution >= 0.6 is 22.1 Å². The number of nitrogens with zero attached hydrogens (tertiary/aromatic N) is 3. The number of thiophene rings is 1. The standard InChI is InChI=1S/C19H19ClN4O2S/c1-27-16-8-4-5-12(16)13-9-22(15-7-3-2-6-14(15)20)10-17-23(18(13)27)11-21-24(17)19(25)26/h2-4,6-8,17,21H,5,9-11H2,1H3/p+1. The van der Waals surface area contributed by atoms with E-state index in [1.807, 2.05) is 24.3 Å². The number of hydrogen-bond donors (Lipinski definition) is 2. The van der Waals surface area contributed by atoms with E-state index in [0.29, 0.717) is 18.2 Å². The van der Waals surface area contributed by atoms with Gasteiger partial charge in [0, 0.05) is 16.0 Å². The number of benzene rings is 1. The predicted octanol–water partition coefficient (Wildman–Crippen LogP) is 3.80. The van der Waals surface area contributed by atoms with Crippen LogP contribution in [0.3, 0.4) is 0 Å². The number of halogens is 1. The van der Waals surface area contributed by atoms with Gasteiger partial charge in [-0.05, 0) is 24.6 Å². The van der Waals surface area contributed by atoms with Crippen molar-refractivity contribution < 1.29 is 9.90 Å². The molecule has 0 spiro atoms. The smallest absolute Gasteiger partial charge is 0.423 e. The maximum Gasteiger partial charge on any atom is 0.423 e. The van der Waals surface area contributed by atoms with Gasteiger partial charge in [0.2, 0.25) is 0 Å². The van der Waals surface area contributed by atoms with E-state index in [4.69, 9.17) is 11.6 Å². The Hall–Kier alpha value is -2.22. The van der Waals surface area contributed by atoms with Gasteiger partial charge in [-0.3, -0.25) is 4.90 Å². The summed E-state index contributed by atoms with van der Waals surface area (Å²) >= 11 is 6.50. The van der Waals surface area contributed by atoms with Crippen molar-refractivity contribution in [2.45, 2.75) is 19.1 Å². The van der Waals surface area contributed by atoms with E-state index in [2.05, 4.69) is 33.6 Å². The van der Waals surface area contributed by atoms with E-state index in [9.17, 15) is 9.90 Å². The number of fused-ring (bicyclic) bond motifs is 5. The Labute approximate surface area is 165 Å². The number of carbonyl (C=O) groups is 1. The van der Waals surface area contributed by atoms with Crippen LogP contribution in [0.4, 0.5) is 15.5 Å². The molecule has 1 aliphatic carbocycles. The van der Waals surface area contributed by atoms with Crippen molar-refractivity contribution in [1.29, 1.82) is 0 Å². The first-order chi connectivity index (χ1) is 13.1. The summed E-state index contributed by atoms with van der Waals surface area (Å²) in [6.45, 7) is 1.81. The van der Waals surface area contributed by atoms with Gasteiger partial charge in [0.1, 0.15) is 12.4 Å². The fourth-order valence-electron chi connectivity index (χ4n) is 4.40. The van der Waals surface area contributed by atoms with Crippen LogP contribution < -0.4 is 15.2 Å². The van der Waals surface area contributed by atoms with Crippen LogP contribution in [0.2, 0.25) is 5.02 Å². The average Bonchev–Trinajstić information content (AvgIpc) is 3.30. The lowest BCUT2D eigenvalue weighted by molar-refractivity contribution is 0.120. The topological polar surface area (TPSA) is 59.1 Å². The lowest BCUT2D eigenvalue weighted by atomic mass is 10.1. The molecule has 27 heavy (non-hydrogen) atoms. The Morgan fingerprint density at radius 1 is 1.33 bits per heavy atom. The number of rotatable bonds is 1. The molecule has 1 aromatic heterocycles. The largest absolute Gasteiger partial charge is 0.464 e. The summed E-state index contributed by atoms with van der Waals surface area (Å²) < 4.78 is 0. The van der Waals surface area contributed by atoms with Crippen LogP contribution in [0.15, 0.2) is 30.3 Å². The molecule has 2 N–H and O–H groups in total. The minimum atomic E-state index is -0.958. The minimum absolute atomic E-state index is 0.0422. The summed E-state index contributed by atoms with van der Waals surface area (Å²) in [5.41, 5.74) is 6.73. The molecule has 1 amide bonds. The van der Waals surface area contributed by atoms with Crippen LogP contribution in [0.25, 0.3) is 6.08 Å². The fourth-order valence-corrected chi connectivity index (χ4v) is 6.84. The predicted molar refractivity (Wildman–Crippen MR) is 109 cm³/mol. The zero-order valence-corrected chi connectivity index (χ0v) is 16.4. The molecule has 2 atom stereocenters. The molecule has 6 nitrogen and oxygen atoms in total. The summed E-state index contributed by atoms with van der Waals surface area (Å²) in [6.07, 6.45) is 6.42. The summed E-state index contributed by atoms with van der Waals surface area (Å²) in [6, 6.07) is 7.79. The molecule has 8 heteroatoms. The van der Waals surface area contributed by atoms with Gasteiger partial charge in [-0.25, -0.2) is 15.2 Å². The van der Waals surface area contributed by atoms with Crippen molar-refractivity contribution in [1.82, 2.24) is 10.4 Å². The van der Waals surface area contributed by atoms with Crippen LogP contribution in [0, 0.1) is 0 Å². The van der Waals surface area contributed by atoms with Gasteiger partial charge >= 0.3 is 6.09 Å². The third kappa shape index (κ3) is 2.46. The molecule has 2 unspecified atom stereocenters. The third-order valence-corrected chi connectivity index (χ3v) is 8.02. The molecule has 1 fully saturated rings. The van der Waals surface area contributed by atoms with E-state index >= 15 is 0 Å². The highest BCUT2D eigenvalue weighted by Crippen LogP contribution is 2.50. The molecule has 1 saturated heterocycles. The molecular weight excluding hydrogens is 384 g/mol. The highest BCUT2D eigenvalue weighted by atomic mass is 35.5. The fraction of sp³-hybridized carbons (Fsp3) is 0.316. The Morgan fingerprint density at radius 3 is 2.93 bits per heavy atom. The van der Waals surface area contributed by atoms with Gasteiger partial charge in [0.25, 0.3) is 5.00 Å². The molecule has 0 bridgehead atoms. The minimum Gasteiger partial charge on any atom is -0.464 e. The first kappa shape index (κ1) is 16.9. The molecule has 0 saturated carbocycles. The number of nitrogens with one attached hydrogen (secondary N) is 1. The lowest BCUT2D eigenvalue weighted by Crippen LogP contribution is -2.49. The number of amides is 1. The second-order valence-corrected chi connectivity index (χ2v) is 9.25. The molecule has 1 aromatic carbocycles. The normalized spacial score (nSPS) is 21.2. The second kappa shape index (κ2) is 6.15.